The van der Waals surface area contributed by atoms with Crippen LogP contribution < -0.4 is 0 Å². The minimum absolute atomic E-state index is 0.0192. The van der Waals surface area contributed by atoms with E-state index in [2.05, 4.69) is 68.8 Å². The highest BCUT2D eigenvalue weighted by Crippen LogP contribution is 2.18. The molecule has 2 unspecified atom stereocenters. The fraction of sp³-hybridized carbons (Fsp3) is 0.419. The molecular weight excluding hydrogens is 446 g/mol. The van der Waals surface area contributed by atoms with Gasteiger partial charge in [-0.1, -0.05) is 55.8 Å². The normalized spacial score (nSPS) is 12.7. The average Bonchev–Trinajstić information content (AvgIpc) is 3.32. The Bertz CT molecular complexity index is 1170. The maximum absolute atomic E-state index is 13.7. The molecule has 0 aliphatic rings. The molecule has 3 rings (SSSR count). The van der Waals surface area contributed by atoms with Crippen LogP contribution in [0.2, 0.25) is 0 Å². The Morgan fingerprint density at radius 2 is 1.56 bits per heavy atom. The Morgan fingerprint density at radius 1 is 0.861 bits per heavy atom. The number of nitrogens with zero attached hydrogens (tertiary/aromatic N) is 3. The molecule has 5 nitrogen and oxygen atoms in total. The number of amides is 2. The molecule has 36 heavy (non-hydrogen) atoms. The van der Waals surface area contributed by atoms with Gasteiger partial charge in [-0.3, -0.25) is 9.59 Å². The number of benzene rings is 2. The predicted octanol–water partition coefficient (Wildman–Crippen LogP) is 6.22. The van der Waals surface area contributed by atoms with Crippen LogP contribution in [0.5, 0.6) is 0 Å². The molecule has 3 aromatic rings. The third-order valence-corrected chi connectivity index (χ3v) is 7.26. The number of carbonyl (C=O) groups is 2. The van der Waals surface area contributed by atoms with Crippen molar-refractivity contribution in [1.82, 2.24) is 14.4 Å². The van der Waals surface area contributed by atoms with E-state index in [0.717, 1.165) is 30.6 Å². The molecule has 0 radical (unpaired) electrons. The summed E-state index contributed by atoms with van der Waals surface area (Å²) < 4.78 is 2.22. The molecule has 2 aromatic carbocycles. The number of rotatable bonds is 11. The number of hydrogen-bond acceptors (Lipinski definition) is 2. The van der Waals surface area contributed by atoms with Crippen molar-refractivity contribution in [3.63, 3.8) is 0 Å². The lowest BCUT2D eigenvalue weighted by molar-refractivity contribution is -0.135. The summed E-state index contributed by atoms with van der Waals surface area (Å²) in [6.07, 6.45) is 3.71. The fourth-order valence-electron chi connectivity index (χ4n) is 4.43. The van der Waals surface area contributed by atoms with Gasteiger partial charge in [-0.05, 0) is 75.9 Å². The summed E-state index contributed by atoms with van der Waals surface area (Å²) in [6.45, 7) is 13.7. The van der Waals surface area contributed by atoms with Crippen LogP contribution in [0.4, 0.5) is 0 Å². The van der Waals surface area contributed by atoms with Crippen molar-refractivity contribution in [2.24, 2.45) is 0 Å². The van der Waals surface area contributed by atoms with E-state index in [1.54, 1.807) is 4.90 Å². The number of aromatic nitrogens is 1. The van der Waals surface area contributed by atoms with Crippen molar-refractivity contribution in [3.05, 3.63) is 94.8 Å². The van der Waals surface area contributed by atoms with E-state index in [1.807, 2.05) is 49.1 Å². The Hall–Kier alpha value is -3.34. The lowest BCUT2D eigenvalue weighted by Crippen LogP contribution is -2.48. The van der Waals surface area contributed by atoms with E-state index in [9.17, 15) is 9.59 Å². The van der Waals surface area contributed by atoms with Crippen LogP contribution in [0.15, 0.2) is 66.9 Å². The first-order valence-corrected chi connectivity index (χ1v) is 13.1. The summed E-state index contributed by atoms with van der Waals surface area (Å²) >= 11 is 0. The van der Waals surface area contributed by atoms with Gasteiger partial charge in [-0.2, -0.15) is 0 Å². The van der Waals surface area contributed by atoms with E-state index >= 15 is 0 Å². The molecule has 0 N–H and O–H groups in total. The zero-order chi connectivity index (χ0) is 26.2. The highest BCUT2D eigenvalue weighted by Gasteiger charge is 2.28. The van der Waals surface area contributed by atoms with Gasteiger partial charge < -0.3 is 14.4 Å². The Labute approximate surface area is 216 Å². The Kier molecular flexibility index (Phi) is 9.51. The summed E-state index contributed by atoms with van der Waals surface area (Å²) in [5, 5.41) is 0. The minimum atomic E-state index is -0.0894. The molecule has 0 aliphatic carbocycles. The Morgan fingerprint density at radius 3 is 2.22 bits per heavy atom. The molecule has 1 aromatic heterocycles. The van der Waals surface area contributed by atoms with E-state index in [4.69, 9.17) is 0 Å². The zero-order valence-corrected chi connectivity index (χ0v) is 22.7. The average molecular weight is 488 g/mol. The highest BCUT2D eigenvalue weighted by molar-refractivity contribution is 5.97. The van der Waals surface area contributed by atoms with Crippen molar-refractivity contribution < 1.29 is 9.59 Å². The lowest BCUT2D eigenvalue weighted by atomic mass is 10.1. The molecule has 0 aliphatic heterocycles. The van der Waals surface area contributed by atoms with Gasteiger partial charge in [-0.15, -0.1) is 0 Å². The smallest absolute Gasteiger partial charge is 0.254 e. The standard InChI is InChI=1S/C31H41N3O2/c1-7-25(5)33(21-29-17-12-18-32(29)20-28-15-10-9-14-24(28)4)30(35)22-34(26(6)8-2)31(36)27-16-11-13-23(3)19-27/h9-19,25-26H,7-8,20-22H2,1-6H3. The fourth-order valence-corrected chi connectivity index (χ4v) is 4.43. The van der Waals surface area contributed by atoms with Crippen molar-refractivity contribution in [3.8, 4) is 0 Å². The molecular formula is C31H41N3O2. The van der Waals surface area contributed by atoms with Crippen LogP contribution in [0.3, 0.4) is 0 Å². The largest absolute Gasteiger partial charge is 0.345 e. The first-order chi connectivity index (χ1) is 17.2. The maximum Gasteiger partial charge on any atom is 0.254 e. The molecule has 0 saturated carbocycles. The van der Waals surface area contributed by atoms with Crippen molar-refractivity contribution in [2.45, 2.75) is 79.6 Å². The summed E-state index contributed by atoms with van der Waals surface area (Å²) in [7, 11) is 0. The van der Waals surface area contributed by atoms with E-state index in [-0.39, 0.29) is 30.4 Å². The number of carbonyl (C=O) groups excluding carboxylic acids is 2. The van der Waals surface area contributed by atoms with Crippen LogP contribution in [-0.4, -0.2) is 44.8 Å². The third kappa shape index (κ3) is 6.66. The molecule has 0 saturated heterocycles. The Balaban J connectivity index is 1.83. The van der Waals surface area contributed by atoms with E-state index < -0.39 is 0 Å². The first-order valence-electron chi connectivity index (χ1n) is 13.1. The quantitative estimate of drug-likeness (QED) is 0.322. The topological polar surface area (TPSA) is 45.6 Å². The second-order valence-electron chi connectivity index (χ2n) is 9.89. The molecule has 2 atom stereocenters. The van der Waals surface area contributed by atoms with Gasteiger partial charge in [0.2, 0.25) is 5.91 Å². The van der Waals surface area contributed by atoms with Gasteiger partial charge >= 0.3 is 0 Å². The van der Waals surface area contributed by atoms with Crippen LogP contribution in [0, 0.1) is 13.8 Å². The summed E-state index contributed by atoms with van der Waals surface area (Å²) in [5.74, 6) is -0.109. The zero-order valence-electron chi connectivity index (χ0n) is 22.7. The van der Waals surface area contributed by atoms with Gasteiger partial charge in [0.15, 0.2) is 0 Å². The van der Waals surface area contributed by atoms with Gasteiger partial charge in [0, 0.05) is 36.1 Å². The monoisotopic (exact) mass is 487 g/mol. The van der Waals surface area contributed by atoms with Gasteiger partial charge in [0.1, 0.15) is 6.54 Å². The second kappa shape index (κ2) is 12.6. The van der Waals surface area contributed by atoms with Crippen LogP contribution in [0.25, 0.3) is 0 Å². The van der Waals surface area contributed by atoms with E-state index in [0.29, 0.717) is 12.1 Å². The molecule has 192 valence electrons. The second-order valence-corrected chi connectivity index (χ2v) is 9.89. The van der Waals surface area contributed by atoms with Crippen LogP contribution in [-0.2, 0) is 17.9 Å². The summed E-state index contributed by atoms with van der Waals surface area (Å²) in [4.78, 5) is 30.9. The van der Waals surface area contributed by atoms with Crippen LogP contribution in [0.1, 0.15) is 73.3 Å². The first kappa shape index (κ1) is 27.3. The van der Waals surface area contributed by atoms with Crippen molar-refractivity contribution in [1.29, 1.82) is 0 Å². The third-order valence-electron chi connectivity index (χ3n) is 7.26. The number of aryl methyl sites for hydroxylation is 2. The predicted molar refractivity (Wildman–Crippen MR) is 147 cm³/mol. The van der Waals surface area contributed by atoms with E-state index in [1.165, 1.54) is 11.1 Å². The highest BCUT2D eigenvalue weighted by atomic mass is 16.2. The molecule has 1 heterocycles. The summed E-state index contributed by atoms with van der Waals surface area (Å²) in [6, 6.07) is 20.2. The molecule has 0 spiro atoms. The van der Waals surface area contributed by atoms with Gasteiger partial charge in [0.05, 0.1) is 6.54 Å². The van der Waals surface area contributed by atoms with Crippen LogP contribution >= 0.6 is 0 Å². The SMILES string of the molecule is CCC(C)N(Cc1cccn1Cc1ccccc1C)C(=O)CN(C(=O)c1cccc(C)c1)C(C)CC. The minimum Gasteiger partial charge on any atom is -0.345 e. The molecule has 2 amide bonds. The maximum atomic E-state index is 13.7. The van der Waals surface area contributed by atoms with Gasteiger partial charge in [-0.25, -0.2) is 0 Å². The molecule has 0 bridgehead atoms. The molecule has 0 fully saturated rings. The number of hydrogen-bond donors (Lipinski definition) is 0. The van der Waals surface area contributed by atoms with Crippen molar-refractivity contribution in [2.75, 3.05) is 6.54 Å². The molecule has 5 heteroatoms. The van der Waals surface area contributed by atoms with Gasteiger partial charge in [0.25, 0.3) is 5.91 Å². The summed E-state index contributed by atoms with van der Waals surface area (Å²) in [5.41, 5.74) is 5.28. The lowest BCUT2D eigenvalue weighted by Gasteiger charge is -2.34. The van der Waals surface area contributed by atoms with Crippen molar-refractivity contribution >= 4 is 11.8 Å².